The van der Waals surface area contributed by atoms with Gasteiger partial charge in [-0.25, -0.2) is 9.98 Å². The first kappa shape index (κ1) is 18.6. The lowest BCUT2D eigenvalue weighted by Gasteiger charge is -2.30. The van der Waals surface area contributed by atoms with Crippen LogP contribution in [0.5, 0.6) is 0 Å². The van der Waals surface area contributed by atoms with E-state index < -0.39 is 0 Å². The fourth-order valence-electron chi connectivity index (χ4n) is 2.92. The molecule has 2 rings (SSSR count). The standard InChI is InChI=1S/C17H30N4S2/c1-4-16-20-14(12-23-16)11-19-17(18-5-2)21-13-8-7-9-15(10-13)22-6-3/h12-13,15H,4-11H2,1-3H3,(H2,18,19,21). The quantitative estimate of drug-likeness (QED) is 0.577. The largest absolute Gasteiger partial charge is 0.357 e. The molecule has 1 saturated carbocycles. The molecule has 6 heteroatoms. The van der Waals surface area contributed by atoms with Crippen LogP contribution in [0.2, 0.25) is 0 Å². The molecule has 0 aliphatic heterocycles. The number of nitrogens with zero attached hydrogens (tertiary/aromatic N) is 2. The summed E-state index contributed by atoms with van der Waals surface area (Å²) < 4.78 is 0. The van der Waals surface area contributed by atoms with Gasteiger partial charge in [-0.3, -0.25) is 0 Å². The van der Waals surface area contributed by atoms with Crippen LogP contribution in [0.15, 0.2) is 10.4 Å². The lowest BCUT2D eigenvalue weighted by molar-refractivity contribution is 0.419. The van der Waals surface area contributed by atoms with E-state index in [1.54, 1.807) is 11.3 Å². The number of aromatic nitrogens is 1. The molecule has 0 radical (unpaired) electrons. The Labute approximate surface area is 149 Å². The molecule has 2 N–H and O–H groups in total. The summed E-state index contributed by atoms with van der Waals surface area (Å²) in [5, 5.41) is 11.1. The summed E-state index contributed by atoms with van der Waals surface area (Å²) in [5.74, 6) is 2.15. The van der Waals surface area contributed by atoms with E-state index in [2.05, 4.69) is 53.5 Å². The van der Waals surface area contributed by atoms with Gasteiger partial charge in [0.2, 0.25) is 0 Å². The first-order chi connectivity index (χ1) is 11.2. The number of thiazole rings is 1. The number of rotatable bonds is 7. The van der Waals surface area contributed by atoms with E-state index in [0.29, 0.717) is 12.6 Å². The second-order valence-corrected chi connectivity index (χ2v) is 8.39. The van der Waals surface area contributed by atoms with Crippen LogP contribution in [0.1, 0.15) is 57.2 Å². The Hall–Kier alpha value is -0.750. The highest BCUT2D eigenvalue weighted by Crippen LogP contribution is 2.28. The first-order valence-electron chi connectivity index (χ1n) is 8.84. The Morgan fingerprint density at radius 3 is 2.96 bits per heavy atom. The van der Waals surface area contributed by atoms with Crippen molar-refractivity contribution >= 4 is 29.1 Å². The molecule has 0 spiro atoms. The highest BCUT2D eigenvalue weighted by molar-refractivity contribution is 7.99. The Balaban J connectivity index is 1.90. The smallest absolute Gasteiger partial charge is 0.191 e. The van der Waals surface area contributed by atoms with Crippen LogP contribution in [0.3, 0.4) is 0 Å². The lowest BCUT2D eigenvalue weighted by atomic mass is 9.95. The molecular weight excluding hydrogens is 324 g/mol. The first-order valence-corrected chi connectivity index (χ1v) is 10.8. The van der Waals surface area contributed by atoms with E-state index in [1.165, 1.54) is 36.4 Å². The van der Waals surface area contributed by atoms with Crippen molar-refractivity contribution in [3.8, 4) is 0 Å². The predicted octanol–water partition coefficient (Wildman–Crippen LogP) is 3.82. The summed E-state index contributed by atoms with van der Waals surface area (Å²) in [6, 6.07) is 0.548. The van der Waals surface area contributed by atoms with Gasteiger partial charge in [-0.1, -0.05) is 20.3 Å². The van der Waals surface area contributed by atoms with E-state index in [4.69, 9.17) is 4.99 Å². The van der Waals surface area contributed by atoms with Gasteiger partial charge in [0.1, 0.15) is 0 Å². The van der Waals surface area contributed by atoms with Crippen molar-refractivity contribution < 1.29 is 0 Å². The SMILES string of the molecule is CCNC(=NCc1csc(CC)n1)NC1CCCC(SCC)C1. The number of hydrogen-bond donors (Lipinski definition) is 2. The molecule has 1 aliphatic carbocycles. The van der Waals surface area contributed by atoms with Gasteiger partial charge in [0.25, 0.3) is 0 Å². The van der Waals surface area contributed by atoms with E-state index in [-0.39, 0.29) is 0 Å². The third-order valence-corrected chi connectivity index (χ3v) is 6.29. The van der Waals surface area contributed by atoms with Crippen LogP contribution in [-0.2, 0) is 13.0 Å². The molecule has 2 unspecified atom stereocenters. The number of aryl methyl sites for hydroxylation is 1. The van der Waals surface area contributed by atoms with Crippen LogP contribution in [-0.4, -0.2) is 34.5 Å². The number of nitrogens with one attached hydrogen (secondary N) is 2. The molecule has 0 amide bonds. The highest BCUT2D eigenvalue weighted by Gasteiger charge is 2.22. The maximum absolute atomic E-state index is 4.73. The van der Waals surface area contributed by atoms with Crippen molar-refractivity contribution in [3.63, 3.8) is 0 Å². The summed E-state index contributed by atoms with van der Waals surface area (Å²) >= 11 is 3.84. The Morgan fingerprint density at radius 1 is 1.39 bits per heavy atom. The molecule has 0 saturated heterocycles. The minimum atomic E-state index is 0.548. The second kappa shape index (κ2) is 10.2. The number of thioether (sulfide) groups is 1. The second-order valence-electron chi connectivity index (χ2n) is 5.87. The topological polar surface area (TPSA) is 49.3 Å². The molecule has 1 fully saturated rings. The van der Waals surface area contributed by atoms with Crippen molar-refractivity contribution in [1.82, 2.24) is 15.6 Å². The lowest BCUT2D eigenvalue weighted by Crippen LogP contribution is -2.45. The number of guanidine groups is 1. The average molecular weight is 355 g/mol. The van der Waals surface area contributed by atoms with Gasteiger partial charge in [0, 0.05) is 23.2 Å². The highest BCUT2D eigenvalue weighted by atomic mass is 32.2. The van der Waals surface area contributed by atoms with Crippen molar-refractivity contribution in [1.29, 1.82) is 0 Å². The third kappa shape index (κ3) is 6.34. The van der Waals surface area contributed by atoms with Gasteiger partial charge >= 0.3 is 0 Å². The Kier molecular flexibility index (Phi) is 8.23. The van der Waals surface area contributed by atoms with E-state index >= 15 is 0 Å². The molecule has 1 aromatic rings. The molecule has 4 nitrogen and oxygen atoms in total. The van der Waals surface area contributed by atoms with E-state index in [0.717, 1.165) is 29.9 Å². The molecular formula is C17H30N4S2. The predicted molar refractivity (Wildman–Crippen MR) is 104 cm³/mol. The maximum atomic E-state index is 4.73. The molecule has 1 aliphatic rings. The summed E-state index contributed by atoms with van der Waals surface area (Å²) in [5.41, 5.74) is 1.08. The van der Waals surface area contributed by atoms with Crippen LogP contribution in [0, 0.1) is 0 Å². The van der Waals surface area contributed by atoms with Gasteiger partial charge in [-0.15, -0.1) is 11.3 Å². The molecule has 1 aromatic heterocycles. The van der Waals surface area contributed by atoms with Crippen molar-refractivity contribution in [2.45, 2.75) is 70.7 Å². The van der Waals surface area contributed by atoms with Crippen LogP contribution in [0.25, 0.3) is 0 Å². The Bertz CT molecular complexity index is 485. The van der Waals surface area contributed by atoms with Gasteiger partial charge in [-0.2, -0.15) is 11.8 Å². The van der Waals surface area contributed by atoms with Gasteiger partial charge in [-0.05, 0) is 38.4 Å². The van der Waals surface area contributed by atoms with Crippen molar-refractivity contribution in [3.05, 3.63) is 16.1 Å². The number of hydrogen-bond acceptors (Lipinski definition) is 4. The minimum Gasteiger partial charge on any atom is -0.357 e. The summed E-state index contributed by atoms with van der Waals surface area (Å²) in [4.78, 5) is 9.32. The fourth-order valence-corrected chi connectivity index (χ4v) is 4.83. The van der Waals surface area contributed by atoms with Crippen LogP contribution >= 0.6 is 23.1 Å². The molecule has 2 atom stereocenters. The molecule has 0 bridgehead atoms. The normalized spacial score (nSPS) is 22.1. The summed E-state index contributed by atoms with van der Waals surface area (Å²) in [7, 11) is 0. The zero-order valence-electron chi connectivity index (χ0n) is 14.6. The molecule has 130 valence electrons. The van der Waals surface area contributed by atoms with Crippen molar-refractivity contribution in [2.75, 3.05) is 12.3 Å². The summed E-state index contributed by atoms with van der Waals surface area (Å²) in [6.45, 7) is 8.07. The monoisotopic (exact) mass is 354 g/mol. The van der Waals surface area contributed by atoms with Crippen molar-refractivity contribution in [2.24, 2.45) is 4.99 Å². The third-order valence-electron chi connectivity index (χ3n) is 4.01. The zero-order valence-corrected chi connectivity index (χ0v) is 16.2. The fraction of sp³-hybridized carbons (Fsp3) is 0.765. The van der Waals surface area contributed by atoms with Gasteiger partial charge in [0.15, 0.2) is 5.96 Å². The van der Waals surface area contributed by atoms with Gasteiger partial charge < -0.3 is 10.6 Å². The minimum absolute atomic E-state index is 0.548. The van der Waals surface area contributed by atoms with E-state index in [9.17, 15) is 0 Å². The maximum Gasteiger partial charge on any atom is 0.191 e. The molecule has 23 heavy (non-hydrogen) atoms. The molecule has 1 heterocycles. The molecule has 0 aromatic carbocycles. The zero-order chi connectivity index (χ0) is 16.5. The average Bonchev–Trinajstić information content (AvgIpc) is 3.02. The Morgan fingerprint density at radius 2 is 2.26 bits per heavy atom. The van der Waals surface area contributed by atoms with Crippen LogP contribution < -0.4 is 10.6 Å². The van der Waals surface area contributed by atoms with Crippen LogP contribution in [0.4, 0.5) is 0 Å². The van der Waals surface area contributed by atoms with Gasteiger partial charge in [0.05, 0.1) is 17.2 Å². The summed E-state index contributed by atoms with van der Waals surface area (Å²) in [6.07, 6.45) is 6.19. The number of aliphatic imine (C=N–C) groups is 1. The van der Waals surface area contributed by atoms with E-state index in [1.807, 2.05) is 0 Å².